The highest BCUT2D eigenvalue weighted by Crippen LogP contribution is 2.13. The van der Waals surface area contributed by atoms with E-state index < -0.39 is 11.9 Å². The Labute approximate surface area is 98.5 Å². The molecule has 17 heavy (non-hydrogen) atoms. The zero-order chi connectivity index (χ0) is 12.8. The lowest BCUT2D eigenvalue weighted by Gasteiger charge is -2.03. The summed E-state index contributed by atoms with van der Waals surface area (Å²) >= 11 is 0. The van der Waals surface area contributed by atoms with Crippen LogP contribution in [0.1, 0.15) is 15.9 Å². The van der Waals surface area contributed by atoms with E-state index in [9.17, 15) is 9.59 Å². The molecule has 1 aromatic rings. The average Bonchev–Trinajstić information content (AvgIpc) is 2.35. The first kappa shape index (κ1) is 12.6. The minimum absolute atomic E-state index is 0.212. The Morgan fingerprint density at radius 2 is 1.94 bits per heavy atom. The zero-order valence-corrected chi connectivity index (χ0v) is 9.44. The van der Waals surface area contributed by atoms with Crippen molar-refractivity contribution >= 4 is 17.6 Å². The van der Waals surface area contributed by atoms with Gasteiger partial charge in [0.2, 0.25) is 0 Å². The van der Waals surface area contributed by atoms with Crippen LogP contribution in [0.3, 0.4) is 0 Å². The maximum atomic E-state index is 11.4. The van der Waals surface area contributed by atoms with Crippen molar-refractivity contribution < 1.29 is 19.1 Å². The van der Waals surface area contributed by atoms with Crippen molar-refractivity contribution in [1.29, 1.82) is 0 Å². The molecular weight excluding hydrogens is 222 g/mol. The van der Waals surface area contributed by atoms with Crippen molar-refractivity contribution in [3.8, 4) is 11.8 Å². The summed E-state index contributed by atoms with van der Waals surface area (Å²) < 4.78 is 8.96. The van der Waals surface area contributed by atoms with E-state index in [-0.39, 0.29) is 5.56 Å². The topological polar surface area (TPSA) is 78.6 Å². The fourth-order valence-corrected chi connectivity index (χ4v) is 1.12. The van der Waals surface area contributed by atoms with E-state index in [1.165, 1.54) is 26.4 Å². The molecular formula is C12H11NO4. The SMILES string of the molecule is COC(=O)C#Cc1ccc(N)cc1C(=O)OC. The number of hydrogen-bond donors (Lipinski definition) is 1. The quantitative estimate of drug-likeness (QED) is 0.436. The molecule has 0 radical (unpaired) electrons. The summed E-state index contributed by atoms with van der Waals surface area (Å²) in [5.41, 5.74) is 6.54. The normalized spacial score (nSPS) is 8.82. The number of anilines is 1. The Morgan fingerprint density at radius 1 is 1.24 bits per heavy atom. The lowest BCUT2D eigenvalue weighted by Crippen LogP contribution is -2.05. The highest BCUT2D eigenvalue weighted by atomic mass is 16.5. The van der Waals surface area contributed by atoms with E-state index in [2.05, 4.69) is 21.3 Å². The maximum absolute atomic E-state index is 11.4. The molecule has 0 aliphatic carbocycles. The molecule has 0 fully saturated rings. The second-order valence-corrected chi connectivity index (χ2v) is 3.04. The molecule has 1 rings (SSSR count). The molecule has 1 aromatic carbocycles. The molecule has 0 saturated heterocycles. The summed E-state index contributed by atoms with van der Waals surface area (Å²) in [5, 5.41) is 0. The Morgan fingerprint density at radius 3 is 2.53 bits per heavy atom. The first-order chi connectivity index (χ1) is 8.08. The highest BCUT2D eigenvalue weighted by Gasteiger charge is 2.10. The molecule has 5 heteroatoms. The fourth-order valence-electron chi connectivity index (χ4n) is 1.12. The van der Waals surface area contributed by atoms with Crippen molar-refractivity contribution in [3.05, 3.63) is 29.3 Å². The monoisotopic (exact) mass is 233 g/mol. The first-order valence-corrected chi connectivity index (χ1v) is 4.66. The van der Waals surface area contributed by atoms with Crippen LogP contribution >= 0.6 is 0 Å². The van der Waals surface area contributed by atoms with E-state index in [1.807, 2.05) is 0 Å². The van der Waals surface area contributed by atoms with Crippen LogP contribution in [0.2, 0.25) is 0 Å². The van der Waals surface area contributed by atoms with Crippen molar-refractivity contribution in [2.75, 3.05) is 20.0 Å². The maximum Gasteiger partial charge on any atom is 0.384 e. The lowest BCUT2D eigenvalue weighted by molar-refractivity contribution is -0.133. The van der Waals surface area contributed by atoms with Gasteiger partial charge >= 0.3 is 11.9 Å². The van der Waals surface area contributed by atoms with E-state index >= 15 is 0 Å². The third-order valence-electron chi connectivity index (χ3n) is 1.93. The standard InChI is InChI=1S/C12H11NO4/c1-16-11(14)6-4-8-3-5-9(13)7-10(8)12(15)17-2/h3,5,7H,13H2,1-2H3. The molecule has 5 nitrogen and oxygen atoms in total. The van der Waals surface area contributed by atoms with Gasteiger partial charge in [0, 0.05) is 17.2 Å². The number of nitrogens with two attached hydrogens (primary N) is 1. The Hall–Kier alpha value is -2.48. The number of methoxy groups -OCH3 is 2. The third-order valence-corrected chi connectivity index (χ3v) is 1.93. The average molecular weight is 233 g/mol. The van der Waals surface area contributed by atoms with Gasteiger partial charge in [-0.15, -0.1) is 0 Å². The number of carbonyl (C=O) groups excluding carboxylic acids is 2. The molecule has 0 bridgehead atoms. The predicted octanol–water partition coefficient (Wildman–Crippen LogP) is 0.580. The summed E-state index contributed by atoms with van der Waals surface area (Å²) in [5.74, 6) is 3.51. The van der Waals surface area contributed by atoms with Gasteiger partial charge in [0.05, 0.1) is 19.8 Å². The van der Waals surface area contributed by atoms with Crippen molar-refractivity contribution in [3.63, 3.8) is 0 Å². The van der Waals surface area contributed by atoms with Crippen LogP contribution in [0.15, 0.2) is 18.2 Å². The molecule has 0 aliphatic heterocycles. The molecule has 0 heterocycles. The Kier molecular flexibility index (Phi) is 4.12. The van der Waals surface area contributed by atoms with Crippen LogP contribution in [0.5, 0.6) is 0 Å². The summed E-state index contributed by atoms with van der Waals surface area (Å²) in [7, 11) is 2.48. The van der Waals surface area contributed by atoms with E-state index in [0.717, 1.165) is 0 Å². The molecule has 88 valence electrons. The summed E-state index contributed by atoms with van der Waals surface area (Å²) in [6.45, 7) is 0. The highest BCUT2D eigenvalue weighted by molar-refractivity contribution is 5.95. The van der Waals surface area contributed by atoms with E-state index in [1.54, 1.807) is 6.07 Å². The molecule has 0 aliphatic rings. The summed E-state index contributed by atoms with van der Waals surface area (Å²) in [6, 6.07) is 4.55. The molecule has 2 N–H and O–H groups in total. The molecule has 0 unspecified atom stereocenters. The van der Waals surface area contributed by atoms with Crippen molar-refractivity contribution in [1.82, 2.24) is 0 Å². The second-order valence-electron chi connectivity index (χ2n) is 3.04. The number of hydrogen-bond acceptors (Lipinski definition) is 5. The van der Waals surface area contributed by atoms with Gasteiger partial charge in [-0.25, -0.2) is 9.59 Å². The molecule has 0 spiro atoms. The van der Waals surface area contributed by atoms with Gasteiger partial charge in [0.25, 0.3) is 0 Å². The molecule has 0 saturated carbocycles. The Bertz CT molecular complexity index is 511. The second kappa shape index (κ2) is 5.56. The van der Waals surface area contributed by atoms with Gasteiger partial charge < -0.3 is 15.2 Å². The third kappa shape index (κ3) is 3.24. The van der Waals surface area contributed by atoms with Crippen molar-refractivity contribution in [2.24, 2.45) is 0 Å². The predicted molar refractivity (Wildman–Crippen MR) is 61.1 cm³/mol. The van der Waals surface area contributed by atoms with Gasteiger partial charge in [0.1, 0.15) is 0 Å². The number of carbonyl (C=O) groups is 2. The van der Waals surface area contributed by atoms with Gasteiger partial charge in [-0.05, 0) is 18.2 Å². The first-order valence-electron chi connectivity index (χ1n) is 4.66. The van der Waals surface area contributed by atoms with E-state index in [4.69, 9.17) is 5.73 Å². The van der Waals surface area contributed by atoms with Crippen LogP contribution in [0, 0.1) is 11.8 Å². The van der Waals surface area contributed by atoms with Gasteiger partial charge in [-0.1, -0.05) is 5.92 Å². The van der Waals surface area contributed by atoms with Crippen LogP contribution < -0.4 is 5.73 Å². The number of nitrogen functional groups attached to an aromatic ring is 1. The fraction of sp³-hybridized carbons (Fsp3) is 0.167. The number of benzene rings is 1. The molecule has 0 aromatic heterocycles. The largest absolute Gasteiger partial charge is 0.465 e. The van der Waals surface area contributed by atoms with Gasteiger partial charge in [-0.3, -0.25) is 0 Å². The summed E-state index contributed by atoms with van der Waals surface area (Å²) in [4.78, 5) is 22.3. The smallest absolute Gasteiger partial charge is 0.384 e. The van der Waals surface area contributed by atoms with Gasteiger partial charge in [0.15, 0.2) is 0 Å². The molecule has 0 amide bonds. The minimum atomic E-state index is -0.683. The van der Waals surface area contributed by atoms with Crippen molar-refractivity contribution in [2.45, 2.75) is 0 Å². The number of esters is 2. The van der Waals surface area contributed by atoms with Gasteiger partial charge in [-0.2, -0.15) is 0 Å². The number of ether oxygens (including phenoxy) is 2. The van der Waals surface area contributed by atoms with Crippen LogP contribution in [0.25, 0.3) is 0 Å². The Balaban J connectivity index is 3.18. The van der Waals surface area contributed by atoms with Crippen LogP contribution in [-0.4, -0.2) is 26.2 Å². The number of rotatable bonds is 1. The van der Waals surface area contributed by atoms with Crippen LogP contribution in [0.4, 0.5) is 5.69 Å². The minimum Gasteiger partial charge on any atom is -0.465 e. The van der Waals surface area contributed by atoms with E-state index in [0.29, 0.717) is 11.3 Å². The zero-order valence-electron chi connectivity index (χ0n) is 9.44. The lowest BCUT2D eigenvalue weighted by atomic mass is 10.1. The summed E-state index contributed by atoms with van der Waals surface area (Å²) in [6.07, 6.45) is 0. The van der Waals surface area contributed by atoms with Crippen LogP contribution in [-0.2, 0) is 14.3 Å². The molecule has 0 atom stereocenters.